The van der Waals surface area contributed by atoms with Crippen molar-refractivity contribution in [3.05, 3.63) is 33.9 Å². The average molecular weight is 263 g/mol. The van der Waals surface area contributed by atoms with Crippen molar-refractivity contribution in [1.82, 2.24) is 14.6 Å². The number of fused-ring (bicyclic) bond motifs is 1. The summed E-state index contributed by atoms with van der Waals surface area (Å²) in [6.45, 7) is 7.96. The molecule has 1 N–H and O–H groups in total. The maximum atomic E-state index is 11.7. The van der Waals surface area contributed by atoms with E-state index in [2.05, 4.69) is 10.1 Å². The maximum Gasteiger partial charge on any atom is 0.358 e. The second-order valence-electron chi connectivity index (χ2n) is 5.32. The Kier molecular flexibility index (Phi) is 3.18. The summed E-state index contributed by atoms with van der Waals surface area (Å²) in [5.41, 5.74) is 0.939. The van der Waals surface area contributed by atoms with Crippen LogP contribution in [0.4, 0.5) is 0 Å². The van der Waals surface area contributed by atoms with Crippen LogP contribution < -0.4 is 5.56 Å². The van der Waals surface area contributed by atoms with Crippen molar-refractivity contribution in [2.45, 2.75) is 33.1 Å². The minimum Gasteiger partial charge on any atom is -0.461 e. The summed E-state index contributed by atoms with van der Waals surface area (Å²) < 4.78 is 6.48. The number of ether oxygens (including phenoxy) is 1. The van der Waals surface area contributed by atoms with Gasteiger partial charge in [-0.3, -0.25) is 4.79 Å². The number of carbonyl (C=O) groups is 1. The molecular formula is C13H17N3O3. The number of hydrogen-bond donors (Lipinski definition) is 1. The monoisotopic (exact) mass is 263 g/mol. The van der Waals surface area contributed by atoms with Crippen LogP contribution in [0.15, 0.2) is 16.9 Å². The largest absolute Gasteiger partial charge is 0.461 e. The van der Waals surface area contributed by atoms with Crippen LogP contribution in [-0.2, 0) is 10.2 Å². The fraction of sp³-hybridized carbons (Fsp3) is 0.462. The SMILES string of the molecule is CCOC(=O)c1cc2[nH]c(=O)cc(C(C)(C)C)n2n1. The fourth-order valence-electron chi connectivity index (χ4n) is 1.84. The van der Waals surface area contributed by atoms with E-state index in [1.54, 1.807) is 11.4 Å². The first kappa shape index (κ1) is 13.3. The van der Waals surface area contributed by atoms with E-state index in [1.807, 2.05) is 20.8 Å². The minimum atomic E-state index is -0.494. The van der Waals surface area contributed by atoms with Gasteiger partial charge >= 0.3 is 5.97 Å². The fourth-order valence-corrected chi connectivity index (χ4v) is 1.84. The highest BCUT2D eigenvalue weighted by molar-refractivity contribution is 5.88. The summed E-state index contributed by atoms with van der Waals surface area (Å²) in [5, 5.41) is 4.21. The Hall–Kier alpha value is -2.11. The van der Waals surface area contributed by atoms with Crippen LogP contribution in [0, 0.1) is 0 Å². The molecule has 0 aliphatic carbocycles. The zero-order chi connectivity index (χ0) is 14.2. The first-order chi connectivity index (χ1) is 8.82. The van der Waals surface area contributed by atoms with Crippen molar-refractivity contribution in [2.75, 3.05) is 6.61 Å². The van der Waals surface area contributed by atoms with E-state index in [0.717, 1.165) is 5.69 Å². The lowest BCUT2D eigenvalue weighted by Gasteiger charge is -2.19. The first-order valence-electron chi connectivity index (χ1n) is 6.13. The second-order valence-corrected chi connectivity index (χ2v) is 5.32. The Bertz CT molecular complexity index is 676. The minimum absolute atomic E-state index is 0.189. The van der Waals surface area contributed by atoms with E-state index in [9.17, 15) is 9.59 Å². The molecule has 0 bridgehead atoms. The Morgan fingerprint density at radius 1 is 1.42 bits per heavy atom. The van der Waals surface area contributed by atoms with Crippen LogP contribution in [0.2, 0.25) is 0 Å². The molecule has 102 valence electrons. The van der Waals surface area contributed by atoms with E-state index < -0.39 is 5.97 Å². The Balaban J connectivity index is 2.65. The van der Waals surface area contributed by atoms with Gasteiger partial charge in [0.1, 0.15) is 5.65 Å². The molecule has 0 atom stereocenters. The van der Waals surface area contributed by atoms with Gasteiger partial charge in [0, 0.05) is 17.5 Å². The zero-order valence-electron chi connectivity index (χ0n) is 11.5. The van der Waals surface area contributed by atoms with E-state index >= 15 is 0 Å². The summed E-state index contributed by atoms with van der Waals surface area (Å²) in [5.74, 6) is -0.494. The molecule has 6 nitrogen and oxygen atoms in total. The number of nitrogens with one attached hydrogen (secondary N) is 1. The zero-order valence-corrected chi connectivity index (χ0v) is 11.5. The van der Waals surface area contributed by atoms with Crippen LogP contribution in [0.1, 0.15) is 43.9 Å². The Labute approximate surface area is 110 Å². The number of hydrogen-bond acceptors (Lipinski definition) is 4. The topological polar surface area (TPSA) is 76.5 Å². The third kappa shape index (κ3) is 2.52. The molecule has 0 saturated carbocycles. The van der Waals surface area contributed by atoms with Gasteiger partial charge in [0.25, 0.3) is 5.56 Å². The Morgan fingerprint density at radius 2 is 2.11 bits per heavy atom. The van der Waals surface area contributed by atoms with Crippen molar-refractivity contribution >= 4 is 11.6 Å². The van der Waals surface area contributed by atoms with Crippen LogP contribution in [-0.4, -0.2) is 27.2 Å². The second kappa shape index (κ2) is 4.53. The maximum absolute atomic E-state index is 11.7. The highest BCUT2D eigenvalue weighted by atomic mass is 16.5. The van der Waals surface area contributed by atoms with E-state index in [0.29, 0.717) is 5.65 Å². The highest BCUT2D eigenvalue weighted by Gasteiger charge is 2.21. The molecule has 0 saturated heterocycles. The third-order valence-corrected chi connectivity index (χ3v) is 2.71. The number of rotatable bonds is 2. The number of nitrogens with zero attached hydrogens (tertiary/aromatic N) is 2. The van der Waals surface area contributed by atoms with Crippen LogP contribution in [0.3, 0.4) is 0 Å². The van der Waals surface area contributed by atoms with Gasteiger partial charge in [0.05, 0.1) is 12.3 Å². The molecule has 0 spiro atoms. The van der Waals surface area contributed by atoms with E-state index in [4.69, 9.17) is 4.74 Å². The van der Waals surface area contributed by atoms with Gasteiger partial charge < -0.3 is 9.72 Å². The predicted octanol–water partition coefficient (Wildman–Crippen LogP) is 1.50. The molecule has 0 aromatic carbocycles. The van der Waals surface area contributed by atoms with Gasteiger partial charge in [-0.05, 0) is 6.92 Å². The average Bonchev–Trinajstić information content (AvgIpc) is 2.70. The molecule has 2 aromatic heterocycles. The first-order valence-corrected chi connectivity index (χ1v) is 6.13. The molecule has 2 heterocycles. The van der Waals surface area contributed by atoms with Gasteiger partial charge in [-0.25, -0.2) is 9.31 Å². The Morgan fingerprint density at radius 3 is 2.68 bits per heavy atom. The number of aromatic nitrogens is 3. The third-order valence-electron chi connectivity index (χ3n) is 2.71. The standard InChI is InChI=1S/C13H17N3O3/c1-5-19-12(18)8-6-10-14-11(17)7-9(13(2,3)4)16(10)15-8/h6-7H,5H2,1-4H3,(H,14,17). The smallest absolute Gasteiger partial charge is 0.358 e. The summed E-state index contributed by atoms with van der Waals surface area (Å²) in [4.78, 5) is 26.0. The van der Waals surface area contributed by atoms with Crippen molar-refractivity contribution in [2.24, 2.45) is 0 Å². The molecule has 0 fully saturated rings. The molecule has 2 aromatic rings. The van der Waals surface area contributed by atoms with Crippen LogP contribution >= 0.6 is 0 Å². The molecule has 19 heavy (non-hydrogen) atoms. The van der Waals surface area contributed by atoms with Gasteiger partial charge in [0.15, 0.2) is 5.69 Å². The van der Waals surface area contributed by atoms with Gasteiger partial charge in [-0.15, -0.1) is 0 Å². The van der Waals surface area contributed by atoms with Crippen molar-refractivity contribution in [3.8, 4) is 0 Å². The lowest BCUT2D eigenvalue weighted by molar-refractivity contribution is 0.0519. The molecule has 0 radical (unpaired) electrons. The summed E-state index contributed by atoms with van der Waals surface area (Å²) in [6.07, 6.45) is 0. The van der Waals surface area contributed by atoms with E-state index in [-0.39, 0.29) is 23.3 Å². The van der Waals surface area contributed by atoms with Crippen molar-refractivity contribution in [1.29, 1.82) is 0 Å². The number of H-pyrrole nitrogens is 1. The molecule has 2 rings (SSSR count). The number of esters is 1. The summed E-state index contributed by atoms with van der Waals surface area (Å²) in [7, 11) is 0. The quantitative estimate of drug-likeness (QED) is 0.833. The molecule has 0 unspecified atom stereocenters. The van der Waals surface area contributed by atoms with Crippen molar-refractivity contribution in [3.63, 3.8) is 0 Å². The predicted molar refractivity (Wildman–Crippen MR) is 70.5 cm³/mol. The molecule has 0 aliphatic heterocycles. The lowest BCUT2D eigenvalue weighted by Crippen LogP contribution is -2.22. The number of carbonyl (C=O) groups excluding carboxylic acids is 1. The highest BCUT2D eigenvalue weighted by Crippen LogP contribution is 2.21. The number of aromatic amines is 1. The van der Waals surface area contributed by atoms with Crippen molar-refractivity contribution < 1.29 is 9.53 Å². The van der Waals surface area contributed by atoms with Crippen LogP contribution in [0.25, 0.3) is 5.65 Å². The van der Waals surface area contributed by atoms with Gasteiger partial charge in [-0.1, -0.05) is 20.8 Å². The van der Waals surface area contributed by atoms with Crippen LogP contribution in [0.5, 0.6) is 0 Å². The molecule has 0 aliphatic rings. The summed E-state index contributed by atoms with van der Waals surface area (Å²) in [6, 6.07) is 3.02. The lowest BCUT2D eigenvalue weighted by atomic mass is 9.92. The normalized spacial score (nSPS) is 11.8. The molecule has 0 amide bonds. The molecular weight excluding hydrogens is 246 g/mol. The van der Waals surface area contributed by atoms with E-state index in [1.165, 1.54) is 12.1 Å². The van der Waals surface area contributed by atoms with Gasteiger partial charge in [0.2, 0.25) is 0 Å². The molecule has 6 heteroatoms. The summed E-state index contributed by atoms with van der Waals surface area (Å²) >= 11 is 0. The van der Waals surface area contributed by atoms with Gasteiger partial charge in [-0.2, -0.15) is 5.10 Å².